The second-order valence-corrected chi connectivity index (χ2v) is 4.81. The highest BCUT2D eigenvalue weighted by atomic mass is 16.2. The number of hydrogen-bond donors (Lipinski definition) is 0. The van der Waals surface area contributed by atoms with E-state index in [0.29, 0.717) is 17.5 Å². The van der Waals surface area contributed by atoms with Gasteiger partial charge in [-0.25, -0.2) is 0 Å². The molecule has 0 aromatic heterocycles. The van der Waals surface area contributed by atoms with E-state index in [2.05, 4.69) is 0 Å². The third-order valence-corrected chi connectivity index (χ3v) is 2.89. The van der Waals surface area contributed by atoms with Crippen molar-refractivity contribution in [2.24, 2.45) is 5.41 Å². The van der Waals surface area contributed by atoms with Gasteiger partial charge in [0.25, 0.3) is 0 Å². The molecule has 88 valence electrons. The molecule has 2 rings (SSSR count). The summed E-state index contributed by atoms with van der Waals surface area (Å²) in [6.07, 6.45) is 0.900. The third-order valence-electron chi connectivity index (χ3n) is 2.89. The zero-order valence-electron chi connectivity index (χ0n) is 9.77. The number of aldehydes is 1. The van der Waals surface area contributed by atoms with Crippen molar-refractivity contribution in [3.63, 3.8) is 0 Å². The van der Waals surface area contributed by atoms with E-state index in [-0.39, 0.29) is 18.2 Å². The summed E-state index contributed by atoms with van der Waals surface area (Å²) in [4.78, 5) is 35.7. The Labute approximate surface area is 99.2 Å². The quantitative estimate of drug-likeness (QED) is 0.576. The molecule has 0 aliphatic carbocycles. The van der Waals surface area contributed by atoms with Crippen LogP contribution in [0.25, 0.3) is 0 Å². The Hall–Kier alpha value is -1.97. The fourth-order valence-corrected chi connectivity index (χ4v) is 1.95. The van der Waals surface area contributed by atoms with Crippen LogP contribution in [0.1, 0.15) is 30.6 Å². The molecule has 1 heterocycles. The van der Waals surface area contributed by atoms with Gasteiger partial charge in [-0.1, -0.05) is 26.0 Å². The van der Waals surface area contributed by atoms with E-state index in [1.54, 1.807) is 38.1 Å². The van der Waals surface area contributed by atoms with E-state index in [1.807, 2.05) is 0 Å². The highest BCUT2D eigenvalue weighted by Crippen LogP contribution is 2.35. The summed E-state index contributed by atoms with van der Waals surface area (Å²) >= 11 is 0. The number of rotatable bonds is 2. The smallest absolute Gasteiger partial charge is 0.239 e. The number of carbonyl (C=O) groups excluding carboxylic acids is 3. The number of hydrogen-bond acceptors (Lipinski definition) is 3. The molecular formula is C13H13NO3. The van der Waals surface area contributed by atoms with Crippen LogP contribution in [0.5, 0.6) is 0 Å². The minimum absolute atomic E-state index is 0.206. The third kappa shape index (κ3) is 1.86. The first-order valence-electron chi connectivity index (χ1n) is 5.38. The molecule has 2 amide bonds. The molecule has 4 heteroatoms. The Morgan fingerprint density at radius 3 is 2.53 bits per heavy atom. The number of imide groups is 1. The second kappa shape index (κ2) is 3.80. The van der Waals surface area contributed by atoms with E-state index in [4.69, 9.17) is 0 Å². The van der Waals surface area contributed by atoms with Gasteiger partial charge in [-0.15, -0.1) is 0 Å². The monoisotopic (exact) mass is 231 g/mol. The van der Waals surface area contributed by atoms with E-state index < -0.39 is 5.41 Å². The van der Waals surface area contributed by atoms with Crippen molar-refractivity contribution >= 4 is 23.8 Å². The van der Waals surface area contributed by atoms with E-state index >= 15 is 0 Å². The SMILES string of the molecule is CC1(C)CC(=O)N(c2cccc(C=O)c2)C1=O. The number of benzene rings is 1. The van der Waals surface area contributed by atoms with Gasteiger partial charge in [-0.05, 0) is 12.1 Å². The van der Waals surface area contributed by atoms with Crippen molar-refractivity contribution in [2.45, 2.75) is 20.3 Å². The van der Waals surface area contributed by atoms with Crippen molar-refractivity contribution in [3.05, 3.63) is 29.8 Å². The van der Waals surface area contributed by atoms with Crippen LogP contribution < -0.4 is 4.90 Å². The van der Waals surface area contributed by atoms with Gasteiger partial charge in [0.2, 0.25) is 11.8 Å². The molecule has 4 nitrogen and oxygen atoms in total. The minimum Gasteiger partial charge on any atom is -0.298 e. The lowest BCUT2D eigenvalue weighted by Crippen LogP contribution is -2.32. The molecule has 0 N–H and O–H groups in total. The molecular weight excluding hydrogens is 218 g/mol. The Morgan fingerprint density at radius 2 is 2.00 bits per heavy atom. The van der Waals surface area contributed by atoms with Crippen LogP contribution in [0.15, 0.2) is 24.3 Å². The summed E-state index contributed by atoms with van der Waals surface area (Å²) in [6, 6.07) is 6.49. The molecule has 1 aliphatic rings. The lowest BCUT2D eigenvalue weighted by atomic mass is 9.92. The van der Waals surface area contributed by atoms with Crippen LogP contribution in [-0.2, 0) is 9.59 Å². The van der Waals surface area contributed by atoms with Crippen LogP contribution in [0.3, 0.4) is 0 Å². The molecule has 1 aromatic carbocycles. The van der Waals surface area contributed by atoms with Crippen LogP contribution >= 0.6 is 0 Å². The summed E-state index contributed by atoms with van der Waals surface area (Å²) in [7, 11) is 0. The van der Waals surface area contributed by atoms with Gasteiger partial charge in [-0.2, -0.15) is 0 Å². The predicted molar refractivity (Wildman–Crippen MR) is 62.7 cm³/mol. The molecule has 0 radical (unpaired) electrons. The number of carbonyl (C=O) groups is 3. The highest BCUT2D eigenvalue weighted by Gasteiger charge is 2.45. The Balaban J connectivity index is 2.43. The number of amides is 2. The molecule has 0 spiro atoms. The zero-order valence-corrected chi connectivity index (χ0v) is 9.77. The maximum atomic E-state index is 12.1. The minimum atomic E-state index is -0.658. The molecule has 1 aliphatic heterocycles. The van der Waals surface area contributed by atoms with Gasteiger partial charge in [0.1, 0.15) is 6.29 Å². The lowest BCUT2D eigenvalue weighted by molar-refractivity contribution is -0.124. The largest absolute Gasteiger partial charge is 0.298 e. The first-order valence-corrected chi connectivity index (χ1v) is 5.38. The Kier molecular flexibility index (Phi) is 2.58. The van der Waals surface area contributed by atoms with Crippen molar-refractivity contribution in [3.8, 4) is 0 Å². The Morgan fingerprint density at radius 1 is 1.29 bits per heavy atom. The Bertz CT molecular complexity index is 505. The van der Waals surface area contributed by atoms with Crippen LogP contribution in [0.2, 0.25) is 0 Å². The summed E-state index contributed by atoms with van der Waals surface area (Å²) in [5.74, 6) is -0.436. The van der Waals surface area contributed by atoms with Gasteiger partial charge in [0.15, 0.2) is 0 Å². The molecule has 17 heavy (non-hydrogen) atoms. The van der Waals surface area contributed by atoms with Crippen molar-refractivity contribution in [1.29, 1.82) is 0 Å². The highest BCUT2D eigenvalue weighted by molar-refractivity contribution is 6.22. The van der Waals surface area contributed by atoms with Crippen molar-refractivity contribution in [2.75, 3.05) is 4.90 Å². The molecule has 0 atom stereocenters. The normalized spacial score (nSPS) is 18.6. The molecule has 0 bridgehead atoms. The van der Waals surface area contributed by atoms with E-state index in [0.717, 1.165) is 4.90 Å². The van der Waals surface area contributed by atoms with Gasteiger partial charge in [-0.3, -0.25) is 19.3 Å². The van der Waals surface area contributed by atoms with E-state index in [1.165, 1.54) is 0 Å². The topological polar surface area (TPSA) is 54.5 Å². The van der Waals surface area contributed by atoms with Crippen molar-refractivity contribution in [1.82, 2.24) is 0 Å². The predicted octanol–water partition coefficient (Wildman–Crippen LogP) is 1.79. The fourth-order valence-electron chi connectivity index (χ4n) is 1.95. The van der Waals surface area contributed by atoms with Gasteiger partial charge in [0.05, 0.1) is 11.1 Å². The van der Waals surface area contributed by atoms with Crippen LogP contribution in [-0.4, -0.2) is 18.1 Å². The fraction of sp³-hybridized carbons (Fsp3) is 0.308. The molecule has 0 unspecified atom stereocenters. The van der Waals surface area contributed by atoms with Crippen LogP contribution in [0, 0.1) is 5.41 Å². The van der Waals surface area contributed by atoms with Crippen LogP contribution in [0.4, 0.5) is 5.69 Å². The average molecular weight is 231 g/mol. The first kappa shape index (κ1) is 11.5. The number of anilines is 1. The maximum Gasteiger partial charge on any atom is 0.239 e. The number of nitrogens with zero attached hydrogens (tertiary/aromatic N) is 1. The van der Waals surface area contributed by atoms with Crippen molar-refractivity contribution < 1.29 is 14.4 Å². The standard InChI is InChI=1S/C13H13NO3/c1-13(2)7-11(16)14(12(13)17)10-5-3-4-9(6-10)8-15/h3-6,8H,7H2,1-2H3. The molecule has 1 saturated heterocycles. The van der Waals surface area contributed by atoms with Gasteiger partial charge < -0.3 is 0 Å². The van der Waals surface area contributed by atoms with Gasteiger partial charge in [0, 0.05) is 12.0 Å². The lowest BCUT2D eigenvalue weighted by Gasteiger charge is -2.17. The maximum absolute atomic E-state index is 12.1. The summed E-state index contributed by atoms with van der Waals surface area (Å²) in [6.45, 7) is 3.49. The summed E-state index contributed by atoms with van der Waals surface area (Å²) < 4.78 is 0. The molecule has 1 fully saturated rings. The average Bonchev–Trinajstić information content (AvgIpc) is 2.48. The second-order valence-electron chi connectivity index (χ2n) is 4.81. The first-order chi connectivity index (χ1) is 7.95. The van der Waals surface area contributed by atoms with Gasteiger partial charge >= 0.3 is 0 Å². The van der Waals surface area contributed by atoms with E-state index in [9.17, 15) is 14.4 Å². The zero-order chi connectivity index (χ0) is 12.6. The molecule has 1 aromatic rings. The summed E-state index contributed by atoms with van der Waals surface area (Å²) in [5, 5.41) is 0. The molecule has 0 saturated carbocycles. The summed E-state index contributed by atoms with van der Waals surface area (Å²) in [5.41, 5.74) is 0.261.